The Balaban J connectivity index is 2.04. The number of alkyl carbamates (subject to hydrolysis) is 1. The number of hydrogen-bond donors (Lipinski definition) is 1. The van der Waals surface area contributed by atoms with Crippen molar-refractivity contribution in [3.05, 3.63) is 12.7 Å². The lowest BCUT2D eigenvalue weighted by atomic mass is 9.94. The van der Waals surface area contributed by atoms with Crippen LogP contribution < -0.4 is 5.32 Å². The molecule has 1 saturated carbocycles. The molecule has 0 aromatic carbocycles. The standard InChI is InChI=1S/C17H29NO4/c1-4-14-10-13(3)11-15(14)12-18-17(20)22-9-7-6-8-21-16(19)5-2/h5,13-15H,2,4,6-12H2,1,3H3,(H,18,20). The summed E-state index contributed by atoms with van der Waals surface area (Å²) in [6.45, 7) is 9.19. The Labute approximate surface area is 133 Å². The van der Waals surface area contributed by atoms with E-state index in [1.807, 2.05) is 0 Å². The van der Waals surface area contributed by atoms with E-state index in [1.54, 1.807) is 0 Å². The fourth-order valence-electron chi connectivity index (χ4n) is 3.13. The molecule has 1 N–H and O–H groups in total. The van der Waals surface area contributed by atoms with Crippen LogP contribution in [0.3, 0.4) is 0 Å². The molecule has 5 heteroatoms. The fraction of sp³-hybridized carbons (Fsp3) is 0.765. The summed E-state index contributed by atoms with van der Waals surface area (Å²) in [5.74, 6) is 1.63. The molecule has 0 radical (unpaired) electrons. The number of esters is 1. The van der Waals surface area contributed by atoms with Gasteiger partial charge in [-0.25, -0.2) is 9.59 Å². The van der Waals surface area contributed by atoms with Gasteiger partial charge in [-0.15, -0.1) is 0 Å². The quantitative estimate of drug-likeness (QED) is 0.403. The maximum absolute atomic E-state index is 11.6. The number of unbranched alkanes of at least 4 members (excludes halogenated alkanes) is 1. The highest BCUT2D eigenvalue weighted by Gasteiger charge is 2.30. The van der Waals surface area contributed by atoms with Crippen molar-refractivity contribution in [2.24, 2.45) is 17.8 Å². The number of rotatable bonds is 9. The van der Waals surface area contributed by atoms with Crippen molar-refractivity contribution < 1.29 is 19.1 Å². The molecule has 0 aromatic rings. The van der Waals surface area contributed by atoms with E-state index in [4.69, 9.17) is 9.47 Å². The van der Waals surface area contributed by atoms with Crippen LogP contribution >= 0.6 is 0 Å². The predicted molar refractivity (Wildman–Crippen MR) is 85.4 cm³/mol. The van der Waals surface area contributed by atoms with Gasteiger partial charge in [0, 0.05) is 12.6 Å². The normalized spacial score (nSPS) is 23.8. The molecule has 0 aliphatic heterocycles. The van der Waals surface area contributed by atoms with E-state index in [0.29, 0.717) is 38.5 Å². The van der Waals surface area contributed by atoms with Crippen molar-refractivity contribution in [2.75, 3.05) is 19.8 Å². The first-order valence-corrected chi connectivity index (χ1v) is 8.26. The minimum absolute atomic E-state index is 0.327. The molecule has 1 amide bonds. The number of hydrogen-bond acceptors (Lipinski definition) is 4. The Hall–Kier alpha value is -1.52. The largest absolute Gasteiger partial charge is 0.463 e. The minimum atomic E-state index is -0.421. The van der Waals surface area contributed by atoms with E-state index in [2.05, 4.69) is 25.7 Å². The lowest BCUT2D eigenvalue weighted by molar-refractivity contribution is -0.137. The van der Waals surface area contributed by atoms with Crippen LogP contribution in [0.15, 0.2) is 12.7 Å². The van der Waals surface area contributed by atoms with Crippen LogP contribution in [0.25, 0.3) is 0 Å². The van der Waals surface area contributed by atoms with Crippen molar-refractivity contribution in [1.29, 1.82) is 0 Å². The topological polar surface area (TPSA) is 64.6 Å². The molecule has 3 unspecified atom stereocenters. The van der Waals surface area contributed by atoms with Gasteiger partial charge >= 0.3 is 12.1 Å². The van der Waals surface area contributed by atoms with Gasteiger partial charge in [-0.05, 0) is 43.4 Å². The van der Waals surface area contributed by atoms with Gasteiger partial charge in [-0.3, -0.25) is 0 Å². The van der Waals surface area contributed by atoms with E-state index in [-0.39, 0.29) is 6.09 Å². The van der Waals surface area contributed by atoms with Crippen LogP contribution in [0.2, 0.25) is 0 Å². The number of nitrogens with one attached hydrogen (secondary N) is 1. The monoisotopic (exact) mass is 311 g/mol. The minimum Gasteiger partial charge on any atom is -0.463 e. The summed E-state index contributed by atoms with van der Waals surface area (Å²) in [6.07, 6.45) is 5.76. The fourth-order valence-corrected chi connectivity index (χ4v) is 3.13. The maximum Gasteiger partial charge on any atom is 0.407 e. The second-order valence-electron chi connectivity index (χ2n) is 6.10. The molecule has 0 aromatic heterocycles. The third kappa shape index (κ3) is 6.96. The zero-order valence-corrected chi connectivity index (χ0v) is 13.8. The molecule has 1 rings (SSSR count). The zero-order chi connectivity index (χ0) is 16.4. The molecule has 5 nitrogen and oxygen atoms in total. The van der Waals surface area contributed by atoms with Crippen LogP contribution in [0, 0.1) is 17.8 Å². The summed E-state index contributed by atoms with van der Waals surface area (Å²) in [7, 11) is 0. The Morgan fingerprint density at radius 2 is 1.82 bits per heavy atom. The summed E-state index contributed by atoms with van der Waals surface area (Å²) in [4.78, 5) is 22.4. The number of carbonyl (C=O) groups is 2. The van der Waals surface area contributed by atoms with Crippen LogP contribution in [0.4, 0.5) is 4.79 Å². The van der Waals surface area contributed by atoms with Crippen LogP contribution in [0.5, 0.6) is 0 Å². The highest BCUT2D eigenvalue weighted by molar-refractivity contribution is 5.81. The molecule has 1 aliphatic carbocycles. The van der Waals surface area contributed by atoms with Gasteiger partial charge in [-0.2, -0.15) is 0 Å². The average molecular weight is 311 g/mol. The average Bonchev–Trinajstić information content (AvgIpc) is 2.88. The smallest absolute Gasteiger partial charge is 0.407 e. The molecule has 0 saturated heterocycles. The Morgan fingerprint density at radius 3 is 2.45 bits per heavy atom. The molecular weight excluding hydrogens is 282 g/mol. The van der Waals surface area contributed by atoms with E-state index in [9.17, 15) is 9.59 Å². The summed E-state index contributed by atoms with van der Waals surface area (Å²) >= 11 is 0. The molecule has 0 bridgehead atoms. The number of ether oxygens (including phenoxy) is 2. The van der Waals surface area contributed by atoms with E-state index in [0.717, 1.165) is 17.9 Å². The van der Waals surface area contributed by atoms with Gasteiger partial charge in [-0.1, -0.05) is 26.8 Å². The first-order chi connectivity index (χ1) is 10.6. The molecule has 22 heavy (non-hydrogen) atoms. The summed E-state index contributed by atoms with van der Waals surface area (Å²) in [5, 5.41) is 2.87. The molecule has 1 aliphatic rings. The molecule has 126 valence electrons. The van der Waals surface area contributed by atoms with Gasteiger partial charge in [0.05, 0.1) is 13.2 Å². The Bertz CT molecular complexity index is 370. The van der Waals surface area contributed by atoms with Crippen molar-refractivity contribution >= 4 is 12.1 Å². The van der Waals surface area contributed by atoms with E-state index in [1.165, 1.54) is 19.3 Å². The van der Waals surface area contributed by atoms with Crippen LogP contribution in [-0.2, 0) is 14.3 Å². The van der Waals surface area contributed by atoms with Crippen molar-refractivity contribution in [1.82, 2.24) is 5.32 Å². The predicted octanol–water partition coefficient (Wildman–Crippen LogP) is 3.29. The Morgan fingerprint density at radius 1 is 1.18 bits per heavy atom. The van der Waals surface area contributed by atoms with Gasteiger partial charge in [0.15, 0.2) is 0 Å². The molecule has 0 heterocycles. The highest BCUT2D eigenvalue weighted by atomic mass is 16.5. The van der Waals surface area contributed by atoms with Crippen molar-refractivity contribution in [2.45, 2.75) is 46.0 Å². The summed E-state index contributed by atoms with van der Waals surface area (Å²) in [6, 6.07) is 0. The van der Waals surface area contributed by atoms with Gasteiger partial charge in [0.25, 0.3) is 0 Å². The van der Waals surface area contributed by atoms with Gasteiger partial charge in [0.1, 0.15) is 0 Å². The van der Waals surface area contributed by atoms with Crippen LogP contribution in [-0.4, -0.2) is 31.8 Å². The van der Waals surface area contributed by atoms with E-state index >= 15 is 0 Å². The number of amides is 1. The summed E-state index contributed by atoms with van der Waals surface area (Å²) in [5.41, 5.74) is 0. The lowest BCUT2D eigenvalue weighted by Crippen LogP contribution is -2.31. The third-order valence-corrected chi connectivity index (χ3v) is 4.29. The zero-order valence-electron chi connectivity index (χ0n) is 13.8. The SMILES string of the molecule is C=CC(=O)OCCCCOC(=O)NCC1CC(C)CC1CC. The maximum atomic E-state index is 11.6. The highest BCUT2D eigenvalue weighted by Crippen LogP contribution is 2.37. The first kappa shape index (κ1) is 18.5. The van der Waals surface area contributed by atoms with E-state index < -0.39 is 5.97 Å². The number of carbonyl (C=O) groups excluding carboxylic acids is 2. The van der Waals surface area contributed by atoms with Gasteiger partial charge < -0.3 is 14.8 Å². The van der Waals surface area contributed by atoms with Crippen LogP contribution in [0.1, 0.15) is 46.0 Å². The molecular formula is C17H29NO4. The second kappa shape index (κ2) is 10.2. The second-order valence-corrected chi connectivity index (χ2v) is 6.10. The molecule has 1 fully saturated rings. The molecule has 3 atom stereocenters. The Kier molecular flexibility index (Phi) is 8.63. The first-order valence-electron chi connectivity index (χ1n) is 8.26. The van der Waals surface area contributed by atoms with Gasteiger partial charge in [0.2, 0.25) is 0 Å². The lowest BCUT2D eigenvalue weighted by Gasteiger charge is -2.18. The molecule has 0 spiro atoms. The van der Waals surface area contributed by atoms with Crippen molar-refractivity contribution in [3.8, 4) is 0 Å². The summed E-state index contributed by atoms with van der Waals surface area (Å²) < 4.78 is 9.95. The third-order valence-electron chi connectivity index (χ3n) is 4.29. The van der Waals surface area contributed by atoms with Crippen molar-refractivity contribution in [3.63, 3.8) is 0 Å².